The highest BCUT2D eigenvalue weighted by Gasteiger charge is 2.25. The SMILES string of the molecule is C=C(C)CN(C)c1nccn(C2CC2)c1=O. The quantitative estimate of drug-likeness (QED) is 0.722. The van der Waals surface area contributed by atoms with E-state index in [1.165, 1.54) is 0 Å². The topological polar surface area (TPSA) is 38.1 Å². The fourth-order valence-electron chi connectivity index (χ4n) is 1.80. The molecule has 0 aliphatic heterocycles. The summed E-state index contributed by atoms with van der Waals surface area (Å²) < 4.78 is 1.79. The summed E-state index contributed by atoms with van der Waals surface area (Å²) in [6.07, 6.45) is 5.68. The Morgan fingerprint density at radius 2 is 2.38 bits per heavy atom. The van der Waals surface area contributed by atoms with Crippen molar-refractivity contribution in [2.24, 2.45) is 0 Å². The third-order valence-electron chi connectivity index (χ3n) is 2.66. The molecule has 4 nitrogen and oxygen atoms in total. The van der Waals surface area contributed by atoms with Gasteiger partial charge in [-0.25, -0.2) is 4.98 Å². The molecule has 16 heavy (non-hydrogen) atoms. The summed E-state index contributed by atoms with van der Waals surface area (Å²) in [5, 5.41) is 0. The number of nitrogens with zero attached hydrogens (tertiary/aromatic N) is 3. The second kappa shape index (κ2) is 4.12. The molecule has 0 amide bonds. The molecule has 1 fully saturated rings. The zero-order valence-corrected chi connectivity index (χ0v) is 9.81. The highest BCUT2D eigenvalue weighted by atomic mass is 16.1. The van der Waals surface area contributed by atoms with Crippen LogP contribution in [0.4, 0.5) is 5.82 Å². The maximum absolute atomic E-state index is 12.1. The van der Waals surface area contributed by atoms with Crippen molar-refractivity contribution in [3.8, 4) is 0 Å². The van der Waals surface area contributed by atoms with Crippen LogP contribution >= 0.6 is 0 Å². The summed E-state index contributed by atoms with van der Waals surface area (Å²) in [6, 6.07) is 0.396. The van der Waals surface area contributed by atoms with E-state index in [-0.39, 0.29) is 5.56 Å². The molecule has 1 aromatic heterocycles. The Kier molecular flexibility index (Phi) is 2.81. The minimum Gasteiger partial charge on any atom is -0.351 e. The van der Waals surface area contributed by atoms with Crippen LogP contribution in [-0.4, -0.2) is 23.1 Å². The summed E-state index contributed by atoms with van der Waals surface area (Å²) in [7, 11) is 1.87. The van der Waals surface area contributed by atoms with E-state index in [0.29, 0.717) is 18.4 Å². The lowest BCUT2D eigenvalue weighted by molar-refractivity contribution is 0.693. The molecule has 1 heterocycles. The van der Waals surface area contributed by atoms with Crippen LogP contribution in [0, 0.1) is 0 Å². The van der Waals surface area contributed by atoms with Gasteiger partial charge in [-0.1, -0.05) is 12.2 Å². The second-order valence-electron chi connectivity index (χ2n) is 4.51. The molecular formula is C12H17N3O. The molecule has 0 spiro atoms. The van der Waals surface area contributed by atoms with Crippen molar-refractivity contribution in [2.45, 2.75) is 25.8 Å². The highest BCUT2D eigenvalue weighted by molar-refractivity contribution is 5.36. The van der Waals surface area contributed by atoms with Crippen LogP contribution in [0.15, 0.2) is 29.3 Å². The minimum absolute atomic E-state index is 0.00810. The summed E-state index contributed by atoms with van der Waals surface area (Å²) in [4.78, 5) is 18.1. The van der Waals surface area contributed by atoms with E-state index < -0.39 is 0 Å². The number of hydrogen-bond acceptors (Lipinski definition) is 3. The first-order valence-electron chi connectivity index (χ1n) is 5.52. The molecular weight excluding hydrogens is 202 g/mol. The van der Waals surface area contributed by atoms with Gasteiger partial charge >= 0.3 is 0 Å². The first-order valence-corrected chi connectivity index (χ1v) is 5.52. The summed E-state index contributed by atoms with van der Waals surface area (Å²) in [5.41, 5.74) is 1.03. The Labute approximate surface area is 95.2 Å². The van der Waals surface area contributed by atoms with E-state index in [4.69, 9.17) is 0 Å². The van der Waals surface area contributed by atoms with Crippen LogP contribution < -0.4 is 10.5 Å². The lowest BCUT2D eigenvalue weighted by Gasteiger charge is -2.18. The first kappa shape index (κ1) is 10.9. The number of likely N-dealkylation sites (N-methyl/N-ethyl adjacent to an activating group) is 1. The van der Waals surface area contributed by atoms with Gasteiger partial charge in [0, 0.05) is 32.0 Å². The molecule has 1 saturated carbocycles. The zero-order chi connectivity index (χ0) is 11.7. The smallest absolute Gasteiger partial charge is 0.293 e. The van der Waals surface area contributed by atoms with Crippen molar-refractivity contribution in [3.63, 3.8) is 0 Å². The summed E-state index contributed by atoms with van der Waals surface area (Å²) >= 11 is 0. The fourth-order valence-corrected chi connectivity index (χ4v) is 1.80. The molecule has 2 rings (SSSR count). The van der Waals surface area contributed by atoms with E-state index in [2.05, 4.69) is 11.6 Å². The predicted molar refractivity (Wildman–Crippen MR) is 64.9 cm³/mol. The van der Waals surface area contributed by atoms with Crippen LogP contribution in [0.2, 0.25) is 0 Å². The molecule has 0 atom stereocenters. The Bertz CT molecular complexity index is 460. The van der Waals surface area contributed by atoms with Gasteiger partial charge in [-0.3, -0.25) is 4.79 Å². The average Bonchev–Trinajstić information content (AvgIpc) is 3.00. The van der Waals surface area contributed by atoms with Gasteiger partial charge in [-0.2, -0.15) is 0 Å². The van der Waals surface area contributed by atoms with Crippen molar-refractivity contribution in [1.82, 2.24) is 9.55 Å². The molecule has 1 aliphatic rings. The monoisotopic (exact) mass is 219 g/mol. The maximum Gasteiger partial charge on any atom is 0.293 e. The maximum atomic E-state index is 12.1. The normalized spacial score (nSPS) is 14.9. The largest absolute Gasteiger partial charge is 0.351 e. The molecule has 0 aromatic carbocycles. The van der Waals surface area contributed by atoms with Gasteiger partial charge in [-0.05, 0) is 19.8 Å². The second-order valence-corrected chi connectivity index (χ2v) is 4.51. The molecule has 0 saturated heterocycles. The molecule has 0 N–H and O–H groups in total. The highest BCUT2D eigenvalue weighted by Crippen LogP contribution is 2.33. The first-order chi connectivity index (χ1) is 7.59. The Morgan fingerprint density at radius 1 is 1.69 bits per heavy atom. The molecule has 86 valence electrons. The van der Waals surface area contributed by atoms with E-state index >= 15 is 0 Å². The van der Waals surface area contributed by atoms with Crippen molar-refractivity contribution in [2.75, 3.05) is 18.5 Å². The molecule has 0 unspecified atom stereocenters. The van der Waals surface area contributed by atoms with E-state index in [9.17, 15) is 4.79 Å². The van der Waals surface area contributed by atoms with Gasteiger partial charge in [0.1, 0.15) is 0 Å². The lowest BCUT2D eigenvalue weighted by Crippen LogP contribution is -2.31. The Hall–Kier alpha value is -1.58. The van der Waals surface area contributed by atoms with E-state index in [0.717, 1.165) is 18.4 Å². The number of anilines is 1. The van der Waals surface area contributed by atoms with Gasteiger partial charge in [0.2, 0.25) is 0 Å². The molecule has 1 aliphatic carbocycles. The fraction of sp³-hybridized carbons (Fsp3) is 0.500. The molecule has 0 radical (unpaired) electrons. The summed E-state index contributed by atoms with van der Waals surface area (Å²) in [5.74, 6) is 0.511. The lowest BCUT2D eigenvalue weighted by atomic mass is 10.3. The number of aromatic nitrogens is 2. The Balaban J connectivity index is 2.30. The molecule has 4 heteroatoms. The van der Waals surface area contributed by atoms with Gasteiger partial charge < -0.3 is 9.47 Å². The third kappa shape index (κ3) is 2.15. The molecule has 0 bridgehead atoms. The van der Waals surface area contributed by atoms with Gasteiger partial charge in [-0.15, -0.1) is 0 Å². The van der Waals surface area contributed by atoms with Gasteiger partial charge in [0.05, 0.1) is 0 Å². The standard InChI is InChI=1S/C12H17N3O/c1-9(2)8-14(3)11-12(16)15(7-6-13-11)10-4-5-10/h6-7,10H,1,4-5,8H2,2-3H3. The van der Waals surface area contributed by atoms with Crippen LogP contribution in [0.3, 0.4) is 0 Å². The number of rotatable bonds is 4. The van der Waals surface area contributed by atoms with Crippen molar-refractivity contribution >= 4 is 5.82 Å². The number of hydrogen-bond donors (Lipinski definition) is 0. The van der Waals surface area contributed by atoms with E-state index in [1.54, 1.807) is 17.0 Å². The predicted octanol–water partition coefficient (Wildman–Crippen LogP) is 1.59. The summed E-state index contributed by atoms with van der Waals surface area (Å²) in [6.45, 7) is 6.45. The Morgan fingerprint density at radius 3 is 2.94 bits per heavy atom. The molecule has 1 aromatic rings. The third-order valence-corrected chi connectivity index (χ3v) is 2.66. The zero-order valence-electron chi connectivity index (χ0n) is 9.81. The van der Waals surface area contributed by atoms with Crippen LogP contribution in [-0.2, 0) is 0 Å². The van der Waals surface area contributed by atoms with Crippen molar-refractivity contribution in [1.29, 1.82) is 0 Å². The van der Waals surface area contributed by atoms with Gasteiger partial charge in [0.15, 0.2) is 5.82 Å². The van der Waals surface area contributed by atoms with Crippen LogP contribution in [0.1, 0.15) is 25.8 Å². The minimum atomic E-state index is 0.00810. The van der Waals surface area contributed by atoms with Crippen LogP contribution in [0.5, 0.6) is 0 Å². The van der Waals surface area contributed by atoms with E-state index in [1.807, 2.05) is 18.9 Å². The van der Waals surface area contributed by atoms with Gasteiger partial charge in [0.25, 0.3) is 5.56 Å². The average molecular weight is 219 g/mol. The van der Waals surface area contributed by atoms with Crippen molar-refractivity contribution < 1.29 is 0 Å². The van der Waals surface area contributed by atoms with Crippen molar-refractivity contribution in [3.05, 3.63) is 34.9 Å². The van der Waals surface area contributed by atoms with Crippen LogP contribution in [0.25, 0.3) is 0 Å².